The van der Waals surface area contributed by atoms with Crippen molar-refractivity contribution < 1.29 is 19.4 Å². The van der Waals surface area contributed by atoms with Gasteiger partial charge in [-0.25, -0.2) is 0 Å². The van der Waals surface area contributed by atoms with Gasteiger partial charge in [0.1, 0.15) is 11.4 Å². The number of fused-ring (bicyclic) bond motifs is 1. The predicted molar refractivity (Wildman–Crippen MR) is 151 cm³/mol. The molecule has 0 saturated heterocycles. The van der Waals surface area contributed by atoms with Crippen molar-refractivity contribution in [3.8, 4) is 11.5 Å². The highest BCUT2D eigenvalue weighted by Gasteiger charge is 2.22. The maximum absolute atomic E-state index is 13.1. The fourth-order valence-corrected chi connectivity index (χ4v) is 5.68. The molecule has 1 aliphatic heterocycles. The molecule has 0 saturated carbocycles. The van der Waals surface area contributed by atoms with Crippen LogP contribution in [0.25, 0.3) is 0 Å². The lowest BCUT2D eigenvalue weighted by Gasteiger charge is -2.30. The molecule has 3 N–H and O–H groups in total. The molecular formula is C28H40ClN3O4S. The van der Waals surface area contributed by atoms with Crippen LogP contribution in [0.2, 0.25) is 4.34 Å². The number of carbonyl (C=O) groups is 2. The second-order valence-corrected chi connectivity index (χ2v) is 11.4. The van der Waals surface area contributed by atoms with Gasteiger partial charge in [-0.2, -0.15) is 0 Å². The second kappa shape index (κ2) is 15.2. The maximum Gasteiger partial charge on any atom is 0.262 e. The molecule has 0 fully saturated rings. The number of aryl methyl sites for hydroxylation is 1. The highest BCUT2D eigenvalue weighted by Crippen LogP contribution is 2.39. The summed E-state index contributed by atoms with van der Waals surface area (Å²) in [6.45, 7) is 6.59. The zero-order chi connectivity index (χ0) is 26.6. The summed E-state index contributed by atoms with van der Waals surface area (Å²) in [5.74, 6) is 0.545. The summed E-state index contributed by atoms with van der Waals surface area (Å²) in [4.78, 5) is 28.0. The van der Waals surface area contributed by atoms with Crippen molar-refractivity contribution in [2.45, 2.75) is 77.7 Å². The first-order chi connectivity index (χ1) is 17.9. The number of phenolic OH excluding ortho intramolecular Hbond substituents is 1. The molecule has 1 aromatic heterocycles. The number of hydrogen-bond acceptors (Lipinski definition) is 6. The van der Waals surface area contributed by atoms with Gasteiger partial charge in [0.2, 0.25) is 5.91 Å². The predicted octanol–water partition coefficient (Wildman–Crippen LogP) is 5.78. The van der Waals surface area contributed by atoms with Gasteiger partial charge >= 0.3 is 0 Å². The Labute approximate surface area is 229 Å². The third-order valence-electron chi connectivity index (χ3n) is 6.69. The van der Waals surface area contributed by atoms with Crippen molar-refractivity contribution in [3.05, 3.63) is 39.0 Å². The highest BCUT2D eigenvalue weighted by molar-refractivity contribution is 7.16. The van der Waals surface area contributed by atoms with E-state index >= 15 is 0 Å². The van der Waals surface area contributed by atoms with Gasteiger partial charge in [0.05, 0.1) is 4.34 Å². The van der Waals surface area contributed by atoms with Crippen molar-refractivity contribution >= 4 is 40.4 Å². The van der Waals surface area contributed by atoms with Crippen LogP contribution in [0.5, 0.6) is 11.5 Å². The largest absolute Gasteiger partial charge is 0.506 e. The molecule has 0 bridgehead atoms. The zero-order valence-corrected chi connectivity index (χ0v) is 23.6. The van der Waals surface area contributed by atoms with E-state index in [1.54, 1.807) is 17.4 Å². The molecule has 204 valence electrons. The first-order valence-corrected chi connectivity index (χ1v) is 14.6. The van der Waals surface area contributed by atoms with Gasteiger partial charge in [0.15, 0.2) is 12.4 Å². The minimum Gasteiger partial charge on any atom is -0.506 e. The first-order valence-electron chi connectivity index (χ1n) is 13.4. The lowest BCUT2D eigenvalue weighted by molar-refractivity contribution is -0.133. The van der Waals surface area contributed by atoms with Gasteiger partial charge in [0, 0.05) is 30.4 Å². The lowest BCUT2D eigenvalue weighted by Crippen LogP contribution is -2.40. The van der Waals surface area contributed by atoms with E-state index in [1.165, 1.54) is 4.88 Å². The van der Waals surface area contributed by atoms with E-state index in [-0.39, 0.29) is 30.2 Å². The van der Waals surface area contributed by atoms with Crippen LogP contribution in [0.3, 0.4) is 0 Å². The first kappa shape index (κ1) is 29.3. The van der Waals surface area contributed by atoms with E-state index in [0.717, 1.165) is 74.4 Å². The minimum atomic E-state index is -0.260. The molecule has 2 heterocycles. The Kier molecular flexibility index (Phi) is 12.0. The third kappa shape index (κ3) is 9.20. The van der Waals surface area contributed by atoms with Gasteiger partial charge < -0.3 is 25.4 Å². The number of hydrogen-bond donors (Lipinski definition) is 3. The number of anilines is 1. The van der Waals surface area contributed by atoms with Crippen LogP contribution in [0.4, 0.5) is 5.69 Å². The van der Waals surface area contributed by atoms with Crippen LogP contribution >= 0.6 is 22.9 Å². The molecule has 9 heteroatoms. The summed E-state index contributed by atoms with van der Waals surface area (Å²) in [7, 11) is 0. The number of aromatic hydroxyl groups is 1. The fourth-order valence-electron chi connectivity index (χ4n) is 4.59. The van der Waals surface area contributed by atoms with Crippen LogP contribution in [-0.4, -0.2) is 54.1 Å². The normalized spacial score (nSPS) is 13.5. The number of thiophene rings is 1. The molecular weight excluding hydrogens is 510 g/mol. The Balaban J connectivity index is 1.42. The Morgan fingerprint density at radius 2 is 2.03 bits per heavy atom. The SMILES string of the molecule is CCCC[C@@H](C)N(CCCCCc1ccc(O)c2c1OCC(=O)N2)C(=O)CCNCCc1ccc(Cl)s1. The van der Waals surface area contributed by atoms with Crippen LogP contribution in [-0.2, 0) is 22.4 Å². The van der Waals surface area contributed by atoms with Crippen LogP contribution in [0, 0.1) is 0 Å². The number of carbonyl (C=O) groups excluding carboxylic acids is 2. The molecule has 1 aromatic carbocycles. The van der Waals surface area contributed by atoms with Gasteiger partial charge in [-0.1, -0.05) is 43.9 Å². The lowest BCUT2D eigenvalue weighted by atomic mass is 10.0. The van der Waals surface area contributed by atoms with Crippen molar-refractivity contribution in [3.63, 3.8) is 0 Å². The summed E-state index contributed by atoms with van der Waals surface area (Å²) in [5.41, 5.74) is 1.34. The molecule has 7 nitrogen and oxygen atoms in total. The topological polar surface area (TPSA) is 90.9 Å². The molecule has 1 aliphatic rings. The number of rotatable bonds is 16. The summed E-state index contributed by atoms with van der Waals surface area (Å²) < 4.78 is 6.40. The van der Waals surface area contributed by atoms with Crippen molar-refractivity contribution in [1.29, 1.82) is 0 Å². The summed E-state index contributed by atoms with van der Waals surface area (Å²) >= 11 is 7.60. The van der Waals surface area contributed by atoms with Crippen molar-refractivity contribution in [2.75, 3.05) is 31.6 Å². The quantitative estimate of drug-likeness (QED) is 0.182. The van der Waals surface area contributed by atoms with E-state index in [1.807, 2.05) is 12.1 Å². The van der Waals surface area contributed by atoms with Crippen LogP contribution in [0.1, 0.15) is 69.2 Å². The third-order valence-corrected chi connectivity index (χ3v) is 7.99. The highest BCUT2D eigenvalue weighted by atomic mass is 35.5. The monoisotopic (exact) mass is 549 g/mol. The number of nitrogens with zero attached hydrogens (tertiary/aromatic N) is 1. The smallest absolute Gasteiger partial charge is 0.262 e. The average Bonchev–Trinajstić information content (AvgIpc) is 3.30. The van der Waals surface area contributed by atoms with Crippen molar-refractivity contribution in [1.82, 2.24) is 10.2 Å². The zero-order valence-electron chi connectivity index (χ0n) is 22.0. The number of nitrogens with one attached hydrogen (secondary N) is 2. The van der Waals surface area contributed by atoms with Gasteiger partial charge in [0.25, 0.3) is 5.91 Å². The molecule has 2 amide bonds. The van der Waals surface area contributed by atoms with E-state index in [2.05, 4.69) is 35.4 Å². The number of amides is 2. The summed E-state index contributed by atoms with van der Waals surface area (Å²) in [6, 6.07) is 7.67. The van der Waals surface area contributed by atoms with E-state index in [0.29, 0.717) is 24.4 Å². The number of phenols is 1. The average molecular weight is 550 g/mol. The number of benzene rings is 1. The molecule has 1 atom stereocenters. The number of halogens is 1. The van der Waals surface area contributed by atoms with E-state index < -0.39 is 0 Å². The number of ether oxygens (including phenoxy) is 1. The molecule has 0 spiro atoms. The Bertz CT molecular complexity index is 1030. The molecule has 0 radical (unpaired) electrons. The number of unbranched alkanes of at least 4 members (excludes halogenated alkanes) is 3. The van der Waals surface area contributed by atoms with Gasteiger partial charge in [-0.05, 0) is 69.3 Å². The van der Waals surface area contributed by atoms with Crippen LogP contribution < -0.4 is 15.4 Å². The van der Waals surface area contributed by atoms with Gasteiger partial charge in [-0.15, -0.1) is 11.3 Å². The molecule has 2 aromatic rings. The maximum atomic E-state index is 13.1. The summed E-state index contributed by atoms with van der Waals surface area (Å²) in [6.07, 6.45) is 8.34. The standard InChI is InChI=1S/C28H40ClN3O4S/c1-3-4-8-20(2)32(26(35)15-17-30-16-14-22-11-13-24(29)37-22)18-7-5-6-9-21-10-12-23(33)27-28(21)36-19-25(34)31-27/h10-13,20,30,33H,3-9,14-19H2,1-2H3,(H,31,34)/t20-/m1/s1. The molecule has 37 heavy (non-hydrogen) atoms. The second-order valence-electron chi connectivity index (χ2n) is 9.63. The Morgan fingerprint density at radius 1 is 1.19 bits per heavy atom. The summed E-state index contributed by atoms with van der Waals surface area (Å²) in [5, 5.41) is 16.1. The van der Waals surface area contributed by atoms with Crippen LogP contribution in [0.15, 0.2) is 24.3 Å². The Hall–Kier alpha value is -2.29. The molecule has 3 rings (SSSR count). The van der Waals surface area contributed by atoms with E-state index in [9.17, 15) is 14.7 Å². The fraction of sp³-hybridized carbons (Fsp3) is 0.571. The Morgan fingerprint density at radius 3 is 2.78 bits per heavy atom. The van der Waals surface area contributed by atoms with E-state index in [4.69, 9.17) is 16.3 Å². The van der Waals surface area contributed by atoms with Gasteiger partial charge in [-0.3, -0.25) is 9.59 Å². The molecule has 0 aliphatic carbocycles. The minimum absolute atomic E-state index is 0.0208. The molecule has 0 unspecified atom stereocenters. The van der Waals surface area contributed by atoms with Crippen molar-refractivity contribution in [2.24, 2.45) is 0 Å².